The van der Waals surface area contributed by atoms with E-state index >= 15 is 0 Å². The van der Waals surface area contributed by atoms with Crippen molar-refractivity contribution < 1.29 is 14.3 Å². The van der Waals surface area contributed by atoms with Crippen molar-refractivity contribution in [1.82, 2.24) is 14.9 Å². The molecule has 6 heteroatoms. The van der Waals surface area contributed by atoms with Crippen molar-refractivity contribution in [2.75, 3.05) is 14.2 Å². The molecule has 0 aliphatic rings. The number of carbonyl (C=O) groups is 1. The van der Waals surface area contributed by atoms with Crippen LogP contribution in [0.4, 0.5) is 0 Å². The molecule has 3 rings (SSSR count). The molecule has 0 aliphatic carbocycles. The fourth-order valence-electron chi connectivity index (χ4n) is 3.55. The van der Waals surface area contributed by atoms with Crippen molar-refractivity contribution in [3.8, 4) is 28.3 Å². The first kappa shape index (κ1) is 22.4. The SMILES string of the molecule is COc1cccc(OC)c1-c1ccc(-n2cncc2C(=O)N[C@H](C)CCC(C)C)cc1. The highest BCUT2D eigenvalue weighted by atomic mass is 16.5. The van der Waals surface area contributed by atoms with Crippen molar-refractivity contribution in [3.05, 3.63) is 60.7 Å². The van der Waals surface area contributed by atoms with Crippen LogP contribution in [0.2, 0.25) is 0 Å². The molecule has 31 heavy (non-hydrogen) atoms. The number of nitrogens with zero attached hydrogens (tertiary/aromatic N) is 2. The minimum atomic E-state index is -0.121. The molecule has 0 spiro atoms. The molecule has 1 N–H and O–H groups in total. The first-order valence-corrected chi connectivity index (χ1v) is 10.6. The normalized spacial score (nSPS) is 11.9. The summed E-state index contributed by atoms with van der Waals surface area (Å²) >= 11 is 0. The Morgan fingerprint density at radius 2 is 1.65 bits per heavy atom. The summed E-state index contributed by atoms with van der Waals surface area (Å²) in [5.41, 5.74) is 3.22. The van der Waals surface area contributed by atoms with Crippen molar-refractivity contribution >= 4 is 5.91 Å². The second kappa shape index (κ2) is 10.2. The fourth-order valence-corrected chi connectivity index (χ4v) is 3.55. The second-order valence-corrected chi connectivity index (χ2v) is 8.08. The number of amides is 1. The maximum absolute atomic E-state index is 12.8. The lowest BCUT2D eigenvalue weighted by Gasteiger charge is -2.16. The van der Waals surface area contributed by atoms with Crippen LogP contribution in [0.3, 0.4) is 0 Å². The minimum absolute atomic E-state index is 0.110. The standard InChI is InChI=1S/C25H31N3O3/c1-17(2)9-10-18(3)27-25(29)21-15-26-16-28(21)20-13-11-19(12-14-20)24-22(30-4)7-6-8-23(24)31-5/h6-8,11-18H,9-10H2,1-5H3,(H,27,29)/t18-/m1/s1. The molecular weight excluding hydrogens is 390 g/mol. The van der Waals surface area contributed by atoms with Gasteiger partial charge in [0.15, 0.2) is 0 Å². The van der Waals surface area contributed by atoms with Gasteiger partial charge in [-0.15, -0.1) is 0 Å². The quantitative estimate of drug-likeness (QED) is 0.521. The highest BCUT2D eigenvalue weighted by Gasteiger charge is 2.17. The van der Waals surface area contributed by atoms with Crippen LogP contribution < -0.4 is 14.8 Å². The van der Waals surface area contributed by atoms with E-state index in [-0.39, 0.29) is 11.9 Å². The van der Waals surface area contributed by atoms with E-state index in [1.807, 2.05) is 49.4 Å². The predicted molar refractivity (Wildman–Crippen MR) is 123 cm³/mol. The summed E-state index contributed by atoms with van der Waals surface area (Å²) in [6, 6.07) is 13.7. The monoisotopic (exact) mass is 421 g/mol. The lowest BCUT2D eigenvalue weighted by molar-refractivity contribution is 0.0930. The van der Waals surface area contributed by atoms with Gasteiger partial charge in [-0.3, -0.25) is 9.36 Å². The Bertz CT molecular complexity index is 987. The van der Waals surface area contributed by atoms with Gasteiger partial charge in [-0.05, 0) is 55.5 Å². The molecule has 0 unspecified atom stereocenters. The Balaban J connectivity index is 1.83. The van der Waals surface area contributed by atoms with Gasteiger partial charge in [0.1, 0.15) is 17.2 Å². The van der Waals surface area contributed by atoms with Gasteiger partial charge in [0, 0.05) is 11.7 Å². The molecule has 0 radical (unpaired) electrons. The summed E-state index contributed by atoms with van der Waals surface area (Å²) in [6.45, 7) is 6.41. The molecule has 0 saturated heterocycles. The first-order chi connectivity index (χ1) is 14.9. The Kier molecular flexibility index (Phi) is 7.34. The third-order valence-corrected chi connectivity index (χ3v) is 5.29. The van der Waals surface area contributed by atoms with E-state index < -0.39 is 0 Å². The predicted octanol–water partition coefficient (Wildman–Crippen LogP) is 5.11. The van der Waals surface area contributed by atoms with Crippen molar-refractivity contribution in [1.29, 1.82) is 0 Å². The molecular formula is C25H31N3O3. The lowest BCUT2D eigenvalue weighted by atomic mass is 10.0. The second-order valence-electron chi connectivity index (χ2n) is 8.08. The molecule has 1 heterocycles. The molecule has 0 fully saturated rings. The number of rotatable bonds is 9. The van der Waals surface area contributed by atoms with Crippen LogP contribution in [0, 0.1) is 5.92 Å². The zero-order valence-corrected chi connectivity index (χ0v) is 18.9. The van der Waals surface area contributed by atoms with E-state index in [9.17, 15) is 4.79 Å². The number of imidazole rings is 1. The maximum atomic E-state index is 12.8. The van der Waals surface area contributed by atoms with Crippen LogP contribution in [-0.4, -0.2) is 35.7 Å². The molecule has 1 amide bonds. The molecule has 1 aromatic heterocycles. The zero-order chi connectivity index (χ0) is 22.4. The summed E-state index contributed by atoms with van der Waals surface area (Å²) in [5.74, 6) is 1.98. The van der Waals surface area contributed by atoms with Gasteiger partial charge in [-0.2, -0.15) is 0 Å². The summed E-state index contributed by atoms with van der Waals surface area (Å²) in [5, 5.41) is 3.08. The number of carbonyl (C=O) groups excluding carboxylic acids is 1. The van der Waals surface area contributed by atoms with Crippen LogP contribution >= 0.6 is 0 Å². The molecule has 0 saturated carbocycles. The van der Waals surface area contributed by atoms with Gasteiger partial charge in [0.05, 0.1) is 32.3 Å². The van der Waals surface area contributed by atoms with Crippen LogP contribution in [0.15, 0.2) is 55.0 Å². The number of aromatic nitrogens is 2. The Morgan fingerprint density at radius 3 is 2.23 bits per heavy atom. The van der Waals surface area contributed by atoms with E-state index in [0.29, 0.717) is 11.6 Å². The van der Waals surface area contributed by atoms with Crippen LogP contribution in [0.5, 0.6) is 11.5 Å². The molecule has 2 aromatic carbocycles. The van der Waals surface area contributed by atoms with Gasteiger partial charge in [0.2, 0.25) is 0 Å². The average molecular weight is 422 g/mol. The summed E-state index contributed by atoms with van der Waals surface area (Å²) < 4.78 is 12.8. The Morgan fingerprint density at radius 1 is 1.00 bits per heavy atom. The van der Waals surface area contributed by atoms with Gasteiger partial charge in [0.25, 0.3) is 5.91 Å². The van der Waals surface area contributed by atoms with Gasteiger partial charge < -0.3 is 14.8 Å². The molecule has 6 nitrogen and oxygen atoms in total. The van der Waals surface area contributed by atoms with Crippen LogP contribution in [0.1, 0.15) is 44.1 Å². The van der Waals surface area contributed by atoms with E-state index in [4.69, 9.17) is 9.47 Å². The number of ether oxygens (including phenoxy) is 2. The topological polar surface area (TPSA) is 65.4 Å². The van der Waals surface area contributed by atoms with E-state index in [1.54, 1.807) is 31.3 Å². The maximum Gasteiger partial charge on any atom is 0.270 e. The van der Waals surface area contributed by atoms with Crippen LogP contribution in [0.25, 0.3) is 16.8 Å². The third-order valence-electron chi connectivity index (χ3n) is 5.29. The number of methoxy groups -OCH3 is 2. The van der Waals surface area contributed by atoms with Gasteiger partial charge >= 0.3 is 0 Å². The Hall–Kier alpha value is -3.28. The number of nitrogens with one attached hydrogen (secondary N) is 1. The van der Waals surface area contributed by atoms with E-state index in [1.165, 1.54) is 0 Å². The highest BCUT2D eigenvalue weighted by molar-refractivity contribution is 5.93. The van der Waals surface area contributed by atoms with E-state index in [0.717, 1.165) is 41.2 Å². The zero-order valence-electron chi connectivity index (χ0n) is 18.9. The minimum Gasteiger partial charge on any atom is -0.496 e. The number of hydrogen-bond acceptors (Lipinski definition) is 4. The van der Waals surface area contributed by atoms with Crippen molar-refractivity contribution in [2.45, 2.75) is 39.7 Å². The number of benzene rings is 2. The molecule has 1 atom stereocenters. The van der Waals surface area contributed by atoms with Crippen molar-refractivity contribution in [3.63, 3.8) is 0 Å². The van der Waals surface area contributed by atoms with Gasteiger partial charge in [-0.1, -0.05) is 32.0 Å². The summed E-state index contributed by atoms with van der Waals surface area (Å²) in [4.78, 5) is 17.0. The summed E-state index contributed by atoms with van der Waals surface area (Å²) in [7, 11) is 3.29. The van der Waals surface area contributed by atoms with Gasteiger partial charge in [-0.25, -0.2) is 4.98 Å². The third kappa shape index (κ3) is 5.26. The highest BCUT2D eigenvalue weighted by Crippen LogP contribution is 2.38. The fraction of sp³-hybridized carbons (Fsp3) is 0.360. The smallest absolute Gasteiger partial charge is 0.270 e. The average Bonchev–Trinajstić information content (AvgIpc) is 3.27. The van der Waals surface area contributed by atoms with Crippen LogP contribution in [-0.2, 0) is 0 Å². The largest absolute Gasteiger partial charge is 0.496 e. The lowest BCUT2D eigenvalue weighted by Crippen LogP contribution is -2.33. The Labute approximate surface area is 184 Å². The molecule has 0 aliphatic heterocycles. The molecule has 0 bridgehead atoms. The summed E-state index contributed by atoms with van der Waals surface area (Å²) in [6.07, 6.45) is 5.29. The molecule has 3 aromatic rings. The first-order valence-electron chi connectivity index (χ1n) is 10.6. The van der Waals surface area contributed by atoms with E-state index in [2.05, 4.69) is 24.1 Å². The number of hydrogen-bond donors (Lipinski definition) is 1. The van der Waals surface area contributed by atoms with Crippen molar-refractivity contribution in [2.24, 2.45) is 5.92 Å². The molecule has 164 valence electrons.